The van der Waals surface area contributed by atoms with E-state index in [0.717, 1.165) is 19.3 Å². The predicted octanol–water partition coefficient (Wildman–Crippen LogP) is 0.716. The van der Waals surface area contributed by atoms with Crippen LogP contribution in [0.2, 0.25) is 0 Å². The fraction of sp³-hybridized carbons (Fsp3) is 0.714. The maximum Gasteiger partial charge on any atom is 0.246 e. The number of aromatic nitrogens is 2. The molecule has 1 aromatic heterocycles. The number of nitrogens with zero attached hydrogens (tertiary/aromatic N) is 2. The Hall–Kier alpha value is -0.900. The van der Waals surface area contributed by atoms with Gasteiger partial charge in [-0.25, -0.2) is 0 Å². The predicted molar refractivity (Wildman–Crippen MR) is 38.8 cm³/mol. The summed E-state index contributed by atoms with van der Waals surface area (Å²) in [5.41, 5.74) is 5.64. The minimum Gasteiger partial charge on any atom is -0.337 e. The summed E-state index contributed by atoms with van der Waals surface area (Å²) < 4.78 is 4.99. The van der Waals surface area contributed by atoms with E-state index in [-0.39, 0.29) is 5.54 Å². The Bertz CT molecular complexity index is 264. The molecule has 4 heteroatoms. The molecule has 4 nitrogen and oxygen atoms in total. The summed E-state index contributed by atoms with van der Waals surface area (Å²) in [7, 11) is 0. The SMILES string of the molecule is Cc1noc(C2(N)CCC2)n1. The molecule has 11 heavy (non-hydrogen) atoms. The van der Waals surface area contributed by atoms with Crippen molar-refractivity contribution in [2.75, 3.05) is 0 Å². The van der Waals surface area contributed by atoms with Crippen molar-refractivity contribution < 1.29 is 4.52 Å². The van der Waals surface area contributed by atoms with Crippen molar-refractivity contribution >= 4 is 0 Å². The molecule has 0 unspecified atom stereocenters. The molecule has 0 saturated heterocycles. The van der Waals surface area contributed by atoms with E-state index in [9.17, 15) is 0 Å². The van der Waals surface area contributed by atoms with Gasteiger partial charge in [0, 0.05) is 0 Å². The van der Waals surface area contributed by atoms with E-state index in [4.69, 9.17) is 10.3 Å². The zero-order valence-electron chi connectivity index (χ0n) is 6.50. The van der Waals surface area contributed by atoms with E-state index in [1.807, 2.05) is 0 Å². The topological polar surface area (TPSA) is 64.9 Å². The van der Waals surface area contributed by atoms with Gasteiger partial charge in [-0.1, -0.05) is 5.16 Å². The standard InChI is InChI=1S/C7H11N3O/c1-5-9-6(11-10-5)7(8)3-2-4-7/h2-4,8H2,1H3. The Morgan fingerprint density at radius 2 is 2.27 bits per heavy atom. The van der Waals surface area contributed by atoms with E-state index in [2.05, 4.69) is 10.1 Å². The van der Waals surface area contributed by atoms with Crippen LogP contribution in [0, 0.1) is 6.92 Å². The van der Waals surface area contributed by atoms with Gasteiger partial charge in [0.25, 0.3) is 0 Å². The summed E-state index contributed by atoms with van der Waals surface area (Å²) in [5, 5.41) is 3.70. The average molecular weight is 153 g/mol. The second-order valence-electron chi connectivity index (χ2n) is 3.16. The summed E-state index contributed by atoms with van der Waals surface area (Å²) in [5.74, 6) is 1.26. The number of hydrogen-bond donors (Lipinski definition) is 1. The van der Waals surface area contributed by atoms with Crippen molar-refractivity contribution in [3.63, 3.8) is 0 Å². The lowest BCUT2D eigenvalue weighted by atomic mass is 9.78. The molecule has 1 aliphatic carbocycles. The molecule has 0 aliphatic heterocycles. The van der Waals surface area contributed by atoms with Crippen LogP contribution in [0.5, 0.6) is 0 Å². The van der Waals surface area contributed by atoms with Crippen LogP contribution in [0.15, 0.2) is 4.52 Å². The maximum atomic E-state index is 5.94. The fourth-order valence-electron chi connectivity index (χ4n) is 1.27. The highest BCUT2D eigenvalue weighted by molar-refractivity contribution is 5.06. The Morgan fingerprint density at radius 3 is 2.64 bits per heavy atom. The van der Waals surface area contributed by atoms with Gasteiger partial charge in [0.05, 0.1) is 5.54 Å². The van der Waals surface area contributed by atoms with Gasteiger partial charge in [0.15, 0.2) is 5.82 Å². The van der Waals surface area contributed by atoms with E-state index >= 15 is 0 Å². The van der Waals surface area contributed by atoms with Crippen molar-refractivity contribution in [3.05, 3.63) is 11.7 Å². The Kier molecular flexibility index (Phi) is 1.26. The molecule has 0 amide bonds. The minimum absolute atomic E-state index is 0.304. The Balaban J connectivity index is 2.28. The smallest absolute Gasteiger partial charge is 0.246 e. The van der Waals surface area contributed by atoms with Gasteiger partial charge in [-0.15, -0.1) is 0 Å². The zero-order chi connectivity index (χ0) is 7.90. The lowest BCUT2D eigenvalue weighted by Crippen LogP contribution is -2.43. The van der Waals surface area contributed by atoms with E-state index in [0.29, 0.717) is 11.7 Å². The van der Waals surface area contributed by atoms with Crippen LogP contribution < -0.4 is 5.73 Å². The molecular weight excluding hydrogens is 142 g/mol. The summed E-state index contributed by atoms with van der Waals surface area (Å²) in [6, 6.07) is 0. The van der Waals surface area contributed by atoms with Crippen molar-refractivity contribution in [1.29, 1.82) is 0 Å². The third kappa shape index (κ3) is 0.939. The summed E-state index contributed by atoms with van der Waals surface area (Å²) in [6.07, 6.45) is 3.10. The molecule has 60 valence electrons. The number of hydrogen-bond acceptors (Lipinski definition) is 4. The van der Waals surface area contributed by atoms with Crippen LogP contribution in [0.4, 0.5) is 0 Å². The first-order chi connectivity index (χ1) is 5.21. The lowest BCUT2D eigenvalue weighted by Gasteiger charge is -2.33. The van der Waals surface area contributed by atoms with Gasteiger partial charge in [-0.3, -0.25) is 0 Å². The van der Waals surface area contributed by atoms with Crippen LogP contribution in [-0.2, 0) is 5.54 Å². The normalized spacial score (nSPS) is 21.3. The quantitative estimate of drug-likeness (QED) is 0.645. The molecule has 1 saturated carbocycles. The molecule has 1 fully saturated rings. The summed E-state index contributed by atoms with van der Waals surface area (Å²) in [6.45, 7) is 1.80. The van der Waals surface area contributed by atoms with Crippen LogP contribution in [0.3, 0.4) is 0 Å². The maximum absolute atomic E-state index is 5.94. The molecule has 0 bridgehead atoms. The number of aryl methyl sites for hydroxylation is 1. The largest absolute Gasteiger partial charge is 0.337 e. The van der Waals surface area contributed by atoms with Crippen molar-refractivity contribution in [2.24, 2.45) is 5.73 Å². The van der Waals surface area contributed by atoms with Gasteiger partial charge < -0.3 is 10.3 Å². The molecule has 0 radical (unpaired) electrons. The molecule has 0 atom stereocenters. The zero-order valence-corrected chi connectivity index (χ0v) is 6.50. The van der Waals surface area contributed by atoms with Gasteiger partial charge >= 0.3 is 0 Å². The van der Waals surface area contributed by atoms with Crippen LogP contribution in [0.25, 0.3) is 0 Å². The van der Waals surface area contributed by atoms with Crippen molar-refractivity contribution in [1.82, 2.24) is 10.1 Å². The average Bonchev–Trinajstić information content (AvgIpc) is 2.31. The van der Waals surface area contributed by atoms with Crippen molar-refractivity contribution in [3.8, 4) is 0 Å². The van der Waals surface area contributed by atoms with E-state index < -0.39 is 0 Å². The summed E-state index contributed by atoms with van der Waals surface area (Å²) in [4.78, 5) is 4.10. The van der Waals surface area contributed by atoms with E-state index in [1.54, 1.807) is 6.92 Å². The highest BCUT2D eigenvalue weighted by atomic mass is 16.5. The third-order valence-corrected chi connectivity index (χ3v) is 2.20. The molecule has 1 heterocycles. The first kappa shape index (κ1) is 6.79. The first-order valence-electron chi connectivity index (χ1n) is 3.80. The monoisotopic (exact) mass is 153 g/mol. The second-order valence-corrected chi connectivity index (χ2v) is 3.16. The van der Waals surface area contributed by atoms with Gasteiger partial charge in [-0.2, -0.15) is 4.98 Å². The fourth-order valence-corrected chi connectivity index (χ4v) is 1.27. The van der Waals surface area contributed by atoms with Gasteiger partial charge in [0.2, 0.25) is 5.89 Å². The van der Waals surface area contributed by atoms with Gasteiger partial charge in [-0.05, 0) is 26.2 Å². The Labute approximate surface area is 64.8 Å². The second kappa shape index (κ2) is 2.04. The van der Waals surface area contributed by atoms with Crippen molar-refractivity contribution in [2.45, 2.75) is 31.7 Å². The number of nitrogens with two attached hydrogens (primary N) is 1. The highest BCUT2D eigenvalue weighted by Crippen LogP contribution is 2.37. The molecule has 1 aromatic rings. The third-order valence-electron chi connectivity index (χ3n) is 2.20. The van der Waals surface area contributed by atoms with Crippen LogP contribution in [-0.4, -0.2) is 10.1 Å². The highest BCUT2D eigenvalue weighted by Gasteiger charge is 2.39. The van der Waals surface area contributed by atoms with E-state index in [1.165, 1.54) is 0 Å². The molecule has 2 rings (SSSR count). The van der Waals surface area contributed by atoms with Gasteiger partial charge in [0.1, 0.15) is 0 Å². The molecule has 2 N–H and O–H groups in total. The number of rotatable bonds is 1. The first-order valence-corrected chi connectivity index (χ1v) is 3.80. The summed E-state index contributed by atoms with van der Waals surface area (Å²) >= 11 is 0. The lowest BCUT2D eigenvalue weighted by molar-refractivity contribution is 0.181. The molecule has 1 aliphatic rings. The van der Waals surface area contributed by atoms with Crippen LogP contribution in [0.1, 0.15) is 31.0 Å². The minimum atomic E-state index is -0.304. The molecule has 0 aromatic carbocycles. The Morgan fingerprint density at radius 1 is 1.55 bits per heavy atom. The molecule has 0 spiro atoms. The van der Waals surface area contributed by atoms with Crippen LogP contribution >= 0.6 is 0 Å². The molecular formula is C7H11N3O.